The monoisotopic (exact) mass is 711 g/mol. The first-order valence-electron chi connectivity index (χ1n) is 13.8. The summed E-state index contributed by atoms with van der Waals surface area (Å²) >= 11 is 13.8. The molecule has 1 aliphatic rings. The zero-order valence-electron chi connectivity index (χ0n) is 24.5. The Hall–Kier alpha value is -2.79. The van der Waals surface area contributed by atoms with Gasteiger partial charge in [-0.2, -0.15) is 17.9 Å². The number of piperidine rings is 1. The Morgan fingerprint density at radius 1 is 1.20 bits per heavy atom. The third kappa shape index (κ3) is 7.45. The molecule has 1 aliphatic heterocycles. The Labute approximate surface area is 271 Å². The van der Waals surface area contributed by atoms with Gasteiger partial charge < -0.3 is 14.4 Å². The van der Waals surface area contributed by atoms with Gasteiger partial charge in [-0.15, -0.1) is 21.5 Å². The largest absolute Gasteiger partial charge is 0.481 e. The zero-order chi connectivity index (χ0) is 33.5. The molecular formula is C27H30Cl2F3N5O6S2. The van der Waals surface area contributed by atoms with Crippen LogP contribution in [0.4, 0.5) is 13.2 Å². The average Bonchev–Trinajstić information content (AvgIpc) is 3.59. The molecule has 1 aromatic carbocycles. The lowest BCUT2D eigenvalue weighted by Gasteiger charge is -2.33. The number of nitrogens with zero attached hydrogens (tertiary/aromatic N) is 4. The van der Waals surface area contributed by atoms with E-state index in [4.69, 9.17) is 27.6 Å². The highest BCUT2D eigenvalue weighted by atomic mass is 35.5. The Balaban J connectivity index is 1.80. The summed E-state index contributed by atoms with van der Waals surface area (Å²) in [5.74, 6) is -1.57. The number of aliphatic carboxylic acids is 1. The highest BCUT2D eigenvalue weighted by molar-refractivity contribution is 7.89. The SMILES string of the molecule is CCC(NS(=O)(=O)c1ccc(-c2sc(-c3nnc(CC(C)(C)C(=O)O)o3)nc2C(=O)N2CCCCC2C)c(Cl)c1Cl)C(F)(F)F. The molecule has 2 N–H and O–H groups in total. The van der Waals surface area contributed by atoms with Gasteiger partial charge in [-0.05, 0) is 52.5 Å². The number of alkyl halides is 3. The number of carboxylic acids is 1. The fraction of sp³-hybridized carbons (Fsp3) is 0.519. The third-order valence-corrected chi connectivity index (χ3v) is 11.0. The number of hydrogen-bond donors (Lipinski definition) is 2. The second kappa shape index (κ2) is 13.1. The van der Waals surface area contributed by atoms with Gasteiger partial charge in [0.2, 0.25) is 15.9 Å². The van der Waals surface area contributed by atoms with Gasteiger partial charge in [-0.25, -0.2) is 13.4 Å². The van der Waals surface area contributed by atoms with E-state index in [-0.39, 0.29) is 50.4 Å². The molecule has 0 spiro atoms. The number of thiazole rings is 1. The van der Waals surface area contributed by atoms with E-state index in [1.165, 1.54) is 26.8 Å². The fourth-order valence-corrected chi connectivity index (χ4v) is 7.92. The van der Waals surface area contributed by atoms with Crippen molar-refractivity contribution in [2.75, 3.05) is 6.54 Å². The molecule has 18 heteroatoms. The van der Waals surface area contributed by atoms with Crippen molar-refractivity contribution < 1.29 is 40.7 Å². The molecule has 11 nitrogen and oxygen atoms in total. The van der Waals surface area contributed by atoms with Gasteiger partial charge in [-0.1, -0.05) is 36.2 Å². The van der Waals surface area contributed by atoms with Crippen molar-refractivity contribution in [2.24, 2.45) is 5.41 Å². The van der Waals surface area contributed by atoms with Gasteiger partial charge in [-0.3, -0.25) is 9.59 Å². The van der Waals surface area contributed by atoms with Gasteiger partial charge >= 0.3 is 12.1 Å². The minimum Gasteiger partial charge on any atom is -0.481 e. The summed E-state index contributed by atoms with van der Waals surface area (Å²) in [6.07, 6.45) is -2.98. The maximum Gasteiger partial charge on any atom is 0.404 e. The van der Waals surface area contributed by atoms with Crippen LogP contribution in [0.25, 0.3) is 21.3 Å². The van der Waals surface area contributed by atoms with E-state index in [0.717, 1.165) is 36.7 Å². The molecular weight excluding hydrogens is 682 g/mol. The van der Waals surface area contributed by atoms with E-state index in [0.29, 0.717) is 6.54 Å². The Morgan fingerprint density at radius 2 is 1.89 bits per heavy atom. The Kier molecular flexibility index (Phi) is 10.2. The molecule has 3 aromatic rings. The summed E-state index contributed by atoms with van der Waals surface area (Å²) < 4.78 is 73.1. The average molecular weight is 713 g/mol. The molecule has 1 saturated heterocycles. The summed E-state index contributed by atoms with van der Waals surface area (Å²) in [5, 5.41) is 16.6. The molecule has 0 aliphatic carbocycles. The first-order chi connectivity index (χ1) is 20.9. The lowest BCUT2D eigenvalue weighted by Crippen LogP contribution is -2.44. The van der Waals surface area contributed by atoms with Crippen LogP contribution in [-0.2, 0) is 21.2 Å². The molecule has 3 heterocycles. The summed E-state index contributed by atoms with van der Waals surface area (Å²) in [6.45, 7) is 6.54. The fourth-order valence-electron chi connectivity index (χ4n) is 4.69. The topological polar surface area (TPSA) is 156 Å². The molecule has 2 aromatic heterocycles. The van der Waals surface area contributed by atoms with Crippen LogP contribution in [0.3, 0.4) is 0 Å². The number of likely N-dealkylation sites (tertiary alicyclic amines) is 1. The molecule has 1 amide bonds. The smallest absolute Gasteiger partial charge is 0.404 e. The number of carbonyl (C=O) groups excluding carboxylic acids is 1. The van der Waals surface area contributed by atoms with Gasteiger partial charge in [0, 0.05) is 24.6 Å². The minimum atomic E-state index is -4.84. The first kappa shape index (κ1) is 35.1. The van der Waals surface area contributed by atoms with Crippen molar-refractivity contribution in [3.8, 4) is 21.3 Å². The Bertz CT molecular complexity index is 1710. The predicted molar refractivity (Wildman–Crippen MR) is 161 cm³/mol. The molecule has 45 heavy (non-hydrogen) atoms. The maximum atomic E-state index is 13.8. The summed E-state index contributed by atoms with van der Waals surface area (Å²) in [7, 11) is -4.76. The standard InChI is InChI=1S/C27H30Cl2F3N5O6S2/c1-5-16(27(30,31)32)36-45(41,42)15-10-9-14(18(28)19(15)29)21-20(24(38)37-11-7-6-8-13(37)2)33-23(44-21)22-35-34-17(43-22)12-26(3,4)25(39)40/h9-10,13,16,36H,5-8,11-12H2,1-4H3,(H,39,40). The number of hydrogen-bond acceptors (Lipinski definition) is 9. The van der Waals surface area contributed by atoms with E-state index in [1.54, 1.807) is 9.62 Å². The molecule has 0 saturated carbocycles. The van der Waals surface area contributed by atoms with Crippen molar-refractivity contribution in [3.63, 3.8) is 0 Å². The van der Waals surface area contributed by atoms with E-state index in [2.05, 4.69) is 15.2 Å². The van der Waals surface area contributed by atoms with Crippen molar-refractivity contribution in [2.45, 2.75) is 83.0 Å². The van der Waals surface area contributed by atoms with E-state index >= 15 is 0 Å². The molecule has 0 bridgehead atoms. The number of aromatic nitrogens is 3. The van der Waals surface area contributed by atoms with Crippen molar-refractivity contribution >= 4 is 56.4 Å². The summed E-state index contributed by atoms with van der Waals surface area (Å²) in [4.78, 5) is 31.0. The first-order valence-corrected chi connectivity index (χ1v) is 16.9. The number of carboxylic acid groups (broad SMARTS) is 1. The van der Waals surface area contributed by atoms with E-state index in [1.807, 2.05) is 6.92 Å². The lowest BCUT2D eigenvalue weighted by molar-refractivity contribution is -0.151. The number of nitrogens with one attached hydrogen (secondary N) is 1. The molecule has 246 valence electrons. The molecule has 2 atom stereocenters. The molecule has 2 unspecified atom stereocenters. The number of sulfonamides is 1. The van der Waals surface area contributed by atoms with Crippen molar-refractivity contribution in [3.05, 3.63) is 33.8 Å². The second-order valence-electron chi connectivity index (χ2n) is 11.3. The van der Waals surface area contributed by atoms with Crippen LogP contribution in [0, 0.1) is 5.41 Å². The van der Waals surface area contributed by atoms with Crippen LogP contribution < -0.4 is 4.72 Å². The van der Waals surface area contributed by atoms with Gasteiger partial charge in [0.05, 0.1) is 20.3 Å². The van der Waals surface area contributed by atoms with Crippen LogP contribution in [0.2, 0.25) is 10.0 Å². The zero-order valence-corrected chi connectivity index (χ0v) is 27.7. The van der Waals surface area contributed by atoms with Crippen LogP contribution in [0.15, 0.2) is 21.4 Å². The maximum absolute atomic E-state index is 13.8. The summed E-state index contributed by atoms with van der Waals surface area (Å²) in [5.41, 5.74) is -1.15. The van der Waals surface area contributed by atoms with Crippen LogP contribution in [-0.4, -0.2) is 70.3 Å². The highest BCUT2D eigenvalue weighted by Crippen LogP contribution is 2.44. The van der Waals surface area contributed by atoms with Crippen molar-refractivity contribution in [1.29, 1.82) is 0 Å². The second-order valence-corrected chi connectivity index (χ2v) is 14.7. The highest BCUT2D eigenvalue weighted by Gasteiger charge is 2.42. The van der Waals surface area contributed by atoms with E-state index < -0.39 is 55.9 Å². The van der Waals surface area contributed by atoms with E-state index in [9.17, 15) is 36.3 Å². The quantitative estimate of drug-likeness (QED) is 0.241. The number of carbonyl (C=O) groups is 2. The molecule has 1 fully saturated rings. The van der Waals surface area contributed by atoms with Crippen LogP contribution in [0.5, 0.6) is 0 Å². The van der Waals surface area contributed by atoms with Crippen LogP contribution >= 0.6 is 34.5 Å². The minimum absolute atomic E-state index is 0.0269. The van der Waals surface area contributed by atoms with Crippen molar-refractivity contribution in [1.82, 2.24) is 24.8 Å². The number of amides is 1. The lowest BCUT2D eigenvalue weighted by atomic mass is 9.90. The summed E-state index contributed by atoms with van der Waals surface area (Å²) in [6, 6.07) is -0.211. The van der Waals surface area contributed by atoms with Gasteiger partial charge in [0.15, 0.2) is 5.01 Å². The normalized spacial score (nSPS) is 17.0. The van der Waals surface area contributed by atoms with Gasteiger partial charge in [0.1, 0.15) is 16.6 Å². The molecule has 0 radical (unpaired) electrons. The van der Waals surface area contributed by atoms with Gasteiger partial charge in [0.25, 0.3) is 11.8 Å². The Morgan fingerprint density at radius 3 is 2.49 bits per heavy atom. The molecule has 4 rings (SSSR count). The third-order valence-electron chi connectivity index (χ3n) is 7.40. The predicted octanol–water partition coefficient (Wildman–Crippen LogP) is 6.45. The number of rotatable bonds is 10. The number of halogens is 5. The number of benzene rings is 1. The van der Waals surface area contributed by atoms with Crippen LogP contribution in [0.1, 0.15) is 69.8 Å².